The van der Waals surface area contributed by atoms with Gasteiger partial charge >= 0.3 is 0 Å². The minimum atomic E-state index is -0.311. The number of hydrogen-bond acceptors (Lipinski definition) is 5. The maximum atomic E-state index is 13.0. The minimum absolute atomic E-state index is 0.163. The van der Waals surface area contributed by atoms with Crippen molar-refractivity contribution in [2.45, 2.75) is 12.1 Å². The molecule has 0 spiro atoms. The molecule has 0 aliphatic heterocycles. The van der Waals surface area contributed by atoms with Gasteiger partial charge in [-0.05, 0) is 55.5 Å². The summed E-state index contributed by atoms with van der Waals surface area (Å²) < 4.78 is 23.9. The number of rotatable bonds is 7. The molecule has 2 aromatic carbocycles. The highest BCUT2D eigenvalue weighted by Crippen LogP contribution is 2.25. The summed E-state index contributed by atoms with van der Waals surface area (Å²) in [7, 11) is 0. The molecule has 0 aliphatic carbocycles. The van der Waals surface area contributed by atoms with E-state index >= 15 is 0 Å². The van der Waals surface area contributed by atoms with Gasteiger partial charge in [-0.3, -0.25) is 4.79 Å². The number of halogens is 1. The van der Waals surface area contributed by atoms with Crippen molar-refractivity contribution in [3.8, 4) is 17.1 Å². The lowest BCUT2D eigenvalue weighted by molar-refractivity contribution is -0.113. The van der Waals surface area contributed by atoms with E-state index in [1.165, 1.54) is 23.9 Å². The molecule has 0 saturated carbocycles. The Hall–Kier alpha value is -2.80. The Morgan fingerprint density at radius 1 is 1.19 bits per heavy atom. The van der Waals surface area contributed by atoms with Gasteiger partial charge in [0.25, 0.3) is 5.22 Å². The number of benzene rings is 2. The average molecular weight is 372 g/mol. The molecular weight excluding hydrogens is 355 g/mol. The van der Waals surface area contributed by atoms with Crippen molar-refractivity contribution in [1.29, 1.82) is 0 Å². The second-order valence-electron chi connectivity index (χ2n) is 5.29. The van der Waals surface area contributed by atoms with Gasteiger partial charge in [0.15, 0.2) is 5.76 Å². The third-order valence-corrected chi connectivity index (χ3v) is 4.23. The van der Waals surface area contributed by atoms with Crippen LogP contribution in [0.3, 0.4) is 0 Å². The minimum Gasteiger partial charge on any atom is -0.494 e. The van der Waals surface area contributed by atoms with Crippen LogP contribution in [0.2, 0.25) is 0 Å². The lowest BCUT2D eigenvalue weighted by atomic mass is 10.2. The van der Waals surface area contributed by atoms with Crippen LogP contribution in [0.5, 0.6) is 5.75 Å². The fourth-order valence-electron chi connectivity index (χ4n) is 2.20. The molecule has 1 amide bonds. The summed E-state index contributed by atoms with van der Waals surface area (Å²) in [5.41, 5.74) is 1.42. The number of carbonyl (C=O) groups is 1. The summed E-state index contributed by atoms with van der Waals surface area (Å²) >= 11 is 1.19. The molecule has 1 N–H and O–H groups in total. The Morgan fingerprint density at radius 2 is 1.92 bits per heavy atom. The largest absolute Gasteiger partial charge is 0.494 e. The maximum absolute atomic E-state index is 13.0. The number of carbonyl (C=O) groups excluding carboxylic acids is 1. The van der Waals surface area contributed by atoms with Crippen molar-refractivity contribution in [2.75, 3.05) is 17.7 Å². The van der Waals surface area contributed by atoms with E-state index in [9.17, 15) is 9.18 Å². The number of ether oxygens (including phenoxy) is 1. The van der Waals surface area contributed by atoms with Crippen molar-refractivity contribution < 1.29 is 18.3 Å². The van der Waals surface area contributed by atoms with Crippen LogP contribution in [0, 0.1) is 5.82 Å². The Bertz CT molecular complexity index is 863. The van der Waals surface area contributed by atoms with Crippen LogP contribution in [0.1, 0.15) is 6.92 Å². The van der Waals surface area contributed by atoms with Crippen molar-refractivity contribution >= 4 is 23.4 Å². The zero-order chi connectivity index (χ0) is 18.4. The van der Waals surface area contributed by atoms with Gasteiger partial charge in [-0.1, -0.05) is 11.8 Å². The summed E-state index contributed by atoms with van der Waals surface area (Å²) in [6.07, 6.45) is 1.56. The molecule has 1 heterocycles. The van der Waals surface area contributed by atoms with Crippen LogP contribution in [-0.2, 0) is 4.79 Å². The summed E-state index contributed by atoms with van der Waals surface area (Å²) in [4.78, 5) is 16.2. The fraction of sp³-hybridized carbons (Fsp3) is 0.158. The predicted molar refractivity (Wildman–Crippen MR) is 98.9 cm³/mol. The highest BCUT2D eigenvalue weighted by molar-refractivity contribution is 7.99. The zero-order valence-electron chi connectivity index (χ0n) is 14.1. The zero-order valence-corrected chi connectivity index (χ0v) is 14.9. The number of amides is 1. The highest BCUT2D eigenvalue weighted by atomic mass is 32.2. The monoisotopic (exact) mass is 372 g/mol. The van der Waals surface area contributed by atoms with Crippen LogP contribution < -0.4 is 10.1 Å². The van der Waals surface area contributed by atoms with Crippen molar-refractivity contribution in [1.82, 2.24) is 4.98 Å². The Kier molecular flexibility index (Phi) is 5.91. The molecule has 134 valence electrons. The van der Waals surface area contributed by atoms with Crippen molar-refractivity contribution in [3.63, 3.8) is 0 Å². The number of hydrogen-bond donors (Lipinski definition) is 1. The first kappa shape index (κ1) is 18.0. The summed E-state index contributed by atoms with van der Waals surface area (Å²) in [5.74, 6) is 0.971. The molecular formula is C19H17FN2O3S. The number of nitrogens with zero attached hydrogens (tertiary/aromatic N) is 1. The van der Waals surface area contributed by atoms with Crippen molar-refractivity contribution in [3.05, 3.63) is 60.5 Å². The summed E-state index contributed by atoms with van der Waals surface area (Å²) in [6, 6.07) is 13.1. The van der Waals surface area contributed by atoms with E-state index in [1.54, 1.807) is 42.6 Å². The number of aromatic nitrogens is 1. The third kappa shape index (κ3) is 4.86. The number of anilines is 1. The molecule has 0 radical (unpaired) electrons. The van der Waals surface area contributed by atoms with E-state index in [2.05, 4.69) is 10.3 Å². The second-order valence-corrected chi connectivity index (χ2v) is 6.22. The lowest BCUT2D eigenvalue weighted by Gasteiger charge is -2.06. The van der Waals surface area contributed by atoms with Gasteiger partial charge in [-0.2, -0.15) is 0 Å². The maximum Gasteiger partial charge on any atom is 0.256 e. The van der Waals surface area contributed by atoms with Gasteiger partial charge in [-0.15, -0.1) is 0 Å². The third-order valence-electron chi connectivity index (χ3n) is 3.39. The first-order valence-electron chi connectivity index (χ1n) is 8.01. The number of oxazole rings is 1. The topological polar surface area (TPSA) is 64.4 Å². The van der Waals surface area contributed by atoms with Crippen molar-refractivity contribution in [2.24, 2.45) is 0 Å². The Balaban J connectivity index is 1.52. The van der Waals surface area contributed by atoms with Crippen LogP contribution in [-0.4, -0.2) is 23.3 Å². The molecule has 7 heteroatoms. The lowest BCUT2D eigenvalue weighted by Crippen LogP contribution is -2.13. The van der Waals surface area contributed by atoms with Gasteiger partial charge in [-0.25, -0.2) is 9.37 Å². The molecule has 26 heavy (non-hydrogen) atoms. The Labute approximate surface area is 154 Å². The normalized spacial score (nSPS) is 10.5. The molecule has 0 fully saturated rings. The molecule has 5 nitrogen and oxygen atoms in total. The molecule has 0 saturated heterocycles. The first-order chi connectivity index (χ1) is 12.6. The molecule has 3 rings (SSSR count). The van der Waals surface area contributed by atoms with Gasteiger partial charge in [0, 0.05) is 11.3 Å². The standard InChI is InChI=1S/C19H17FN2O3S/c1-2-24-16-9-7-15(8-10-16)22-18(23)12-26-19-21-11-17(25-19)13-3-5-14(20)6-4-13/h3-11H,2,12H2,1H3,(H,22,23). The van der Waals surface area contributed by atoms with E-state index in [-0.39, 0.29) is 17.5 Å². The molecule has 0 atom stereocenters. The van der Waals surface area contributed by atoms with Crippen LogP contribution in [0.25, 0.3) is 11.3 Å². The van der Waals surface area contributed by atoms with E-state index < -0.39 is 0 Å². The van der Waals surface area contributed by atoms with E-state index in [1.807, 2.05) is 6.92 Å². The predicted octanol–water partition coefficient (Wildman–Crippen LogP) is 4.61. The average Bonchev–Trinajstić information content (AvgIpc) is 3.11. The van der Waals surface area contributed by atoms with E-state index in [0.29, 0.717) is 23.3 Å². The highest BCUT2D eigenvalue weighted by Gasteiger charge is 2.10. The smallest absolute Gasteiger partial charge is 0.256 e. The van der Waals surface area contributed by atoms with E-state index in [0.717, 1.165) is 11.3 Å². The van der Waals surface area contributed by atoms with Crippen LogP contribution in [0.15, 0.2) is 64.4 Å². The molecule has 0 aliphatic rings. The van der Waals surface area contributed by atoms with Gasteiger partial charge in [0.05, 0.1) is 18.6 Å². The fourth-order valence-corrected chi connectivity index (χ4v) is 2.80. The quantitative estimate of drug-likeness (QED) is 0.614. The van der Waals surface area contributed by atoms with Gasteiger partial charge < -0.3 is 14.5 Å². The molecule has 1 aromatic heterocycles. The van der Waals surface area contributed by atoms with Crippen LogP contribution in [0.4, 0.5) is 10.1 Å². The van der Waals surface area contributed by atoms with E-state index in [4.69, 9.17) is 9.15 Å². The number of thioether (sulfide) groups is 1. The number of nitrogens with one attached hydrogen (secondary N) is 1. The van der Waals surface area contributed by atoms with Gasteiger partial charge in [0.1, 0.15) is 11.6 Å². The first-order valence-corrected chi connectivity index (χ1v) is 9.00. The second kappa shape index (κ2) is 8.53. The van der Waals surface area contributed by atoms with Gasteiger partial charge in [0.2, 0.25) is 5.91 Å². The van der Waals surface area contributed by atoms with Crippen LogP contribution >= 0.6 is 11.8 Å². The Morgan fingerprint density at radius 3 is 2.62 bits per heavy atom. The summed E-state index contributed by atoms with van der Waals surface area (Å²) in [5, 5.41) is 3.18. The molecule has 0 bridgehead atoms. The summed E-state index contributed by atoms with van der Waals surface area (Å²) in [6.45, 7) is 2.51. The molecule has 3 aromatic rings. The molecule has 0 unspecified atom stereocenters. The SMILES string of the molecule is CCOc1ccc(NC(=O)CSc2ncc(-c3ccc(F)cc3)o2)cc1.